The molecule has 2 aliphatic heterocycles. The van der Waals surface area contributed by atoms with Gasteiger partial charge in [-0.3, -0.25) is 0 Å². The first kappa shape index (κ1) is 15.5. The third-order valence-corrected chi connectivity index (χ3v) is 5.66. The third kappa shape index (κ3) is 3.67. The zero-order valence-electron chi connectivity index (χ0n) is 12.4. The Bertz CT molecular complexity index is 491. The van der Waals surface area contributed by atoms with Gasteiger partial charge in [0.2, 0.25) is 0 Å². The van der Waals surface area contributed by atoms with Gasteiger partial charge in [-0.1, -0.05) is 11.6 Å². The van der Waals surface area contributed by atoms with E-state index in [1.807, 2.05) is 37.0 Å². The zero-order chi connectivity index (χ0) is 14.7. The monoisotopic (exact) mass is 327 g/mol. The van der Waals surface area contributed by atoms with Crippen LogP contribution in [0.25, 0.3) is 0 Å². The van der Waals surface area contributed by atoms with E-state index in [4.69, 9.17) is 21.1 Å². The lowest BCUT2D eigenvalue weighted by Gasteiger charge is -2.37. The van der Waals surface area contributed by atoms with Crippen LogP contribution >= 0.6 is 23.4 Å². The Labute approximate surface area is 135 Å². The molecule has 2 atom stereocenters. The Morgan fingerprint density at radius 2 is 2.43 bits per heavy atom. The minimum atomic E-state index is 0.0587. The Balaban J connectivity index is 1.71. The Morgan fingerprint density at radius 3 is 3.19 bits per heavy atom. The topological polar surface area (TPSA) is 30.5 Å². The van der Waals surface area contributed by atoms with E-state index in [0.29, 0.717) is 0 Å². The van der Waals surface area contributed by atoms with Crippen LogP contribution in [0.15, 0.2) is 18.2 Å². The van der Waals surface area contributed by atoms with Crippen molar-refractivity contribution < 1.29 is 9.47 Å². The molecule has 2 saturated heterocycles. The Morgan fingerprint density at radius 1 is 1.52 bits per heavy atom. The number of nitrogens with one attached hydrogen (secondary N) is 1. The molecule has 2 aliphatic rings. The standard InChI is InChI=1S/C16H22ClNO2S/c1-18-10-12-8-13(17)2-3-15(12)20-14-4-6-19-16(9-14)5-7-21-11-16/h2-3,8,14,18H,4-7,9-11H2,1H3. The summed E-state index contributed by atoms with van der Waals surface area (Å²) >= 11 is 8.08. The van der Waals surface area contributed by atoms with Crippen molar-refractivity contribution >= 4 is 23.4 Å². The van der Waals surface area contributed by atoms with Gasteiger partial charge in [0.25, 0.3) is 0 Å². The van der Waals surface area contributed by atoms with Crippen LogP contribution < -0.4 is 10.1 Å². The maximum absolute atomic E-state index is 6.29. The summed E-state index contributed by atoms with van der Waals surface area (Å²) in [6.45, 7) is 1.57. The fourth-order valence-electron chi connectivity index (χ4n) is 3.12. The van der Waals surface area contributed by atoms with Crippen molar-refractivity contribution in [1.29, 1.82) is 0 Å². The normalized spacial score (nSPS) is 29.0. The maximum Gasteiger partial charge on any atom is 0.124 e. The van der Waals surface area contributed by atoms with Crippen LogP contribution in [0.5, 0.6) is 5.75 Å². The van der Waals surface area contributed by atoms with Gasteiger partial charge < -0.3 is 14.8 Å². The average Bonchev–Trinajstić information content (AvgIpc) is 2.90. The van der Waals surface area contributed by atoms with Gasteiger partial charge >= 0.3 is 0 Å². The summed E-state index contributed by atoms with van der Waals surface area (Å²) in [6.07, 6.45) is 3.37. The number of halogens is 1. The molecule has 116 valence electrons. The largest absolute Gasteiger partial charge is 0.490 e. The minimum Gasteiger partial charge on any atom is -0.490 e. The zero-order valence-corrected chi connectivity index (χ0v) is 13.9. The van der Waals surface area contributed by atoms with E-state index in [2.05, 4.69) is 5.32 Å². The second kappa shape index (κ2) is 6.78. The van der Waals surface area contributed by atoms with E-state index in [9.17, 15) is 0 Å². The van der Waals surface area contributed by atoms with E-state index in [-0.39, 0.29) is 11.7 Å². The third-order valence-electron chi connectivity index (χ3n) is 4.20. The van der Waals surface area contributed by atoms with Crippen molar-refractivity contribution in [3.63, 3.8) is 0 Å². The van der Waals surface area contributed by atoms with Crippen LogP contribution in [0.4, 0.5) is 0 Å². The number of thioether (sulfide) groups is 1. The first-order valence-corrected chi connectivity index (χ1v) is 9.05. The van der Waals surface area contributed by atoms with Crippen LogP contribution in [0.1, 0.15) is 24.8 Å². The molecule has 1 aromatic carbocycles. The molecule has 0 aliphatic carbocycles. The van der Waals surface area contributed by atoms with E-state index in [1.165, 1.54) is 5.75 Å². The molecule has 21 heavy (non-hydrogen) atoms. The quantitative estimate of drug-likeness (QED) is 0.917. The van der Waals surface area contributed by atoms with Gasteiger partial charge in [-0.05, 0) is 37.4 Å². The van der Waals surface area contributed by atoms with Crippen molar-refractivity contribution in [3.05, 3.63) is 28.8 Å². The van der Waals surface area contributed by atoms with E-state index < -0.39 is 0 Å². The number of hydrogen-bond donors (Lipinski definition) is 1. The van der Waals surface area contributed by atoms with Crippen LogP contribution in [-0.2, 0) is 11.3 Å². The van der Waals surface area contributed by atoms with E-state index >= 15 is 0 Å². The molecule has 2 unspecified atom stereocenters. The lowest BCUT2D eigenvalue weighted by Crippen LogP contribution is -2.43. The molecule has 1 N–H and O–H groups in total. The molecule has 2 fully saturated rings. The highest BCUT2D eigenvalue weighted by molar-refractivity contribution is 7.99. The number of hydrogen-bond acceptors (Lipinski definition) is 4. The highest BCUT2D eigenvalue weighted by Gasteiger charge is 2.41. The summed E-state index contributed by atoms with van der Waals surface area (Å²) in [5, 5.41) is 3.92. The molecule has 3 rings (SSSR count). The van der Waals surface area contributed by atoms with Crippen molar-refractivity contribution in [1.82, 2.24) is 5.32 Å². The molecule has 0 aromatic heterocycles. The van der Waals surface area contributed by atoms with Gasteiger partial charge in [-0.25, -0.2) is 0 Å². The number of benzene rings is 1. The summed E-state index contributed by atoms with van der Waals surface area (Å²) in [6, 6.07) is 5.87. The fourth-order valence-corrected chi connectivity index (χ4v) is 4.69. The molecule has 2 heterocycles. The van der Waals surface area contributed by atoms with E-state index in [1.54, 1.807) is 0 Å². The predicted octanol–water partition coefficient (Wildman–Crippen LogP) is 3.49. The molecular weight excluding hydrogens is 306 g/mol. The number of rotatable bonds is 4. The average molecular weight is 328 g/mol. The van der Waals surface area contributed by atoms with Gasteiger partial charge in [0.1, 0.15) is 11.9 Å². The first-order chi connectivity index (χ1) is 10.2. The Hall–Kier alpha value is -0.420. The fraction of sp³-hybridized carbons (Fsp3) is 0.625. The Kier molecular flexibility index (Phi) is 4.99. The molecule has 0 saturated carbocycles. The van der Waals surface area contributed by atoms with Gasteiger partial charge in [0.15, 0.2) is 0 Å². The summed E-state index contributed by atoms with van der Waals surface area (Å²) in [5.41, 5.74) is 1.18. The molecule has 1 spiro atoms. The second-order valence-corrected chi connectivity index (χ2v) is 7.39. The van der Waals surface area contributed by atoms with Crippen molar-refractivity contribution in [2.24, 2.45) is 0 Å². The first-order valence-electron chi connectivity index (χ1n) is 7.52. The smallest absolute Gasteiger partial charge is 0.124 e. The molecule has 0 bridgehead atoms. The van der Waals surface area contributed by atoms with Crippen molar-refractivity contribution in [3.8, 4) is 5.75 Å². The van der Waals surface area contributed by atoms with E-state index in [0.717, 1.165) is 54.5 Å². The minimum absolute atomic E-state index is 0.0587. The van der Waals surface area contributed by atoms with Crippen LogP contribution in [0.3, 0.4) is 0 Å². The van der Waals surface area contributed by atoms with Gasteiger partial charge in [-0.2, -0.15) is 11.8 Å². The highest BCUT2D eigenvalue weighted by Crippen LogP contribution is 2.39. The molecule has 5 heteroatoms. The second-order valence-electron chi connectivity index (χ2n) is 5.85. The lowest BCUT2D eigenvalue weighted by molar-refractivity contribution is -0.0960. The summed E-state index contributed by atoms with van der Waals surface area (Å²) in [5.74, 6) is 3.26. The molecular formula is C16H22ClNO2S. The summed E-state index contributed by atoms with van der Waals surface area (Å²) in [4.78, 5) is 0. The molecule has 0 radical (unpaired) electrons. The molecule has 1 aromatic rings. The molecule has 0 amide bonds. The van der Waals surface area contributed by atoms with Crippen LogP contribution in [0.2, 0.25) is 5.02 Å². The maximum atomic E-state index is 6.29. The van der Waals surface area contributed by atoms with Gasteiger partial charge in [0.05, 0.1) is 12.2 Å². The molecule has 3 nitrogen and oxygen atoms in total. The van der Waals surface area contributed by atoms with Gasteiger partial charge in [-0.15, -0.1) is 0 Å². The van der Waals surface area contributed by atoms with Crippen LogP contribution in [0, 0.1) is 0 Å². The lowest BCUT2D eigenvalue weighted by atomic mass is 9.91. The summed E-state index contributed by atoms with van der Waals surface area (Å²) < 4.78 is 12.3. The van der Waals surface area contributed by atoms with Crippen LogP contribution in [-0.4, -0.2) is 36.9 Å². The summed E-state index contributed by atoms with van der Waals surface area (Å²) in [7, 11) is 1.93. The number of ether oxygens (including phenoxy) is 2. The van der Waals surface area contributed by atoms with Gasteiger partial charge in [0, 0.05) is 35.7 Å². The van der Waals surface area contributed by atoms with Crippen molar-refractivity contribution in [2.45, 2.75) is 37.5 Å². The predicted molar refractivity (Wildman–Crippen MR) is 88.5 cm³/mol. The van der Waals surface area contributed by atoms with Crippen molar-refractivity contribution in [2.75, 3.05) is 25.2 Å². The SMILES string of the molecule is CNCc1cc(Cl)ccc1OC1CCOC2(CCSC2)C1. The highest BCUT2D eigenvalue weighted by atomic mass is 35.5.